The number of carbonyl (C=O) groups is 1. The van der Waals surface area contributed by atoms with E-state index in [-0.39, 0.29) is 11.7 Å². The Bertz CT molecular complexity index is 960. The van der Waals surface area contributed by atoms with Gasteiger partial charge in [-0.15, -0.1) is 0 Å². The maximum Gasteiger partial charge on any atom is 0.291 e. The Morgan fingerprint density at radius 3 is 2.39 bits per heavy atom. The van der Waals surface area contributed by atoms with E-state index in [1.165, 1.54) is 5.69 Å². The monoisotopic (exact) mass is 395 g/mol. The summed E-state index contributed by atoms with van der Waals surface area (Å²) in [6, 6.07) is 18.7. The standard InChI is InChI=1S/C22H22ClN3O2/c1-25-12-14-26(15-13-25)17-8-6-16(7-9-17)24-22(27)21-11-10-20(28-21)18-4-2-3-5-19(18)23/h2-11H,12-15H2,1H3,(H,24,27). The van der Waals surface area contributed by atoms with E-state index < -0.39 is 0 Å². The van der Waals surface area contributed by atoms with Crippen LogP contribution in [0.1, 0.15) is 10.6 Å². The van der Waals surface area contributed by atoms with Gasteiger partial charge in [-0.1, -0.05) is 23.7 Å². The van der Waals surface area contributed by atoms with Gasteiger partial charge in [0.2, 0.25) is 0 Å². The molecule has 6 heteroatoms. The van der Waals surface area contributed by atoms with Crippen molar-refractivity contribution in [2.75, 3.05) is 43.4 Å². The molecule has 144 valence electrons. The van der Waals surface area contributed by atoms with Gasteiger partial charge in [0.25, 0.3) is 5.91 Å². The van der Waals surface area contributed by atoms with Crippen LogP contribution in [-0.2, 0) is 0 Å². The van der Waals surface area contributed by atoms with Crippen LogP contribution in [-0.4, -0.2) is 44.0 Å². The van der Waals surface area contributed by atoms with Gasteiger partial charge in [0.15, 0.2) is 5.76 Å². The van der Waals surface area contributed by atoms with Crippen LogP contribution >= 0.6 is 11.6 Å². The second-order valence-corrected chi connectivity index (χ2v) is 7.34. The lowest BCUT2D eigenvalue weighted by Crippen LogP contribution is -2.44. The Balaban J connectivity index is 1.42. The lowest BCUT2D eigenvalue weighted by Gasteiger charge is -2.34. The molecule has 5 nitrogen and oxygen atoms in total. The fourth-order valence-corrected chi connectivity index (χ4v) is 3.51. The molecule has 0 saturated carbocycles. The Morgan fingerprint density at radius 1 is 0.964 bits per heavy atom. The highest BCUT2D eigenvalue weighted by Crippen LogP contribution is 2.29. The van der Waals surface area contributed by atoms with Crippen LogP contribution < -0.4 is 10.2 Å². The van der Waals surface area contributed by atoms with Gasteiger partial charge in [0, 0.05) is 43.1 Å². The molecule has 1 fully saturated rings. The predicted octanol–water partition coefficient (Wildman–Crippen LogP) is 4.60. The summed E-state index contributed by atoms with van der Waals surface area (Å²) in [7, 11) is 2.14. The fourth-order valence-electron chi connectivity index (χ4n) is 3.28. The number of rotatable bonds is 4. The summed E-state index contributed by atoms with van der Waals surface area (Å²) in [5, 5.41) is 3.47. The van der Waals surface area contributed by atoms with Crippen molar-refractivity contribution in [3.63, 3.8) is 0 Å². The largest absolute Gasteiger partial charge is 0.451 e. The number of nitrogens with zero attached hydrogens (tertiary/aromatic N) is 2. The maximum absolute atomic E-state index is 12.5. The molecule has 0 atom stereocenters. The number of benzene rings is 2. The first kappa shape index (κ1) is 18.6. The van der Waals surface area contributed by atoms with Crippen molar-refractivity contribution in [2.24, 2.45) is 0 Å². The normalized spacial score (nSPS) is 14.9. The Morgan fingerprint density at radius 2 is 1.68 bits per heavy atom. The molecule has 1 saturated heterocycles. The van der Waals surface area contributed by atoms with Crippen molar-refractivity contribution in [3.8, 4) is 11.3 Å². The molecule has 3 aromatic rings. The maximum atomic E-state index is 12.5. The van der Waals surface area contributed by atoms with Crippen molar-refractivity contribution in [2.45, 2.75) is 0 Å². The smallest absolute Gasteiger partial charge is 0.291 e. The summed E-state index contributed by atoms with van der Waals surface area (Å²) < 4.78 is 5.70. The number of furan rings is 1. The number of hydrogen-bond acceptors (Lipinski definition) is 4. The van der Waals surface area contributed by atoms with Crippen molar-refractivity contribution >= 4 is 28.9 Å². The SMILES string of the molecule is CN1CCN(c2ccc(NC(=O)c3ccc(-c4ccccc4Cl)o3)cc2)CC1. The fraction of sp³-hybridized carbons (Fsp3) is 0.227. The molecule has 2 heterocycles. The van der Waals surface area contributed by atoms with E-state index in [4.69, 9.17) is 16.0 Å². The summed E-state index contributed by atoms with van der Waals surface area (Å²) in [6.45, 7) is 4.15. The Labute approximate surface area is 169 Å². The van der Waals surface area contributed by atoms with Gasteiger partial charge in [-0.3, -0.25) is 4.79 Å². The zero-order valence-corrected chi connectivity index (χ0v) is 16.4. The molecule has 0 spiro atoms. The van der Waals surface area contributed by atoms with E-state index >= 15 is 0 Å². The first-order chi connectivity index (χ1) is 13.6. The first-order valence-corrected chi connectivity index (χ1v) is 9.67. The summed E-state index contributed by atoms with van der Waals surface area (Å²) in [5.74, 6) is 0.532. The molecule has 1 aromatic heterocycles. The lowest BCUT2D eigenvalue weighted by atomic mass is 10.2. The molecule has 0 aliphatic carbocycles. The number of carbonyl (C=O) groups excluding carboxylic acids is 1. The second kappa shape index (κ2) is 8.09. The van der Waals surface area contributed by atoms with Gasteiger partial charge in [-0.05, 0) is 55.6 Å². The van der Waals surface area contributed by atoms with E-state index in [1.54, 1.807) is 18.2 Å². The highest BCUT2D eigenvalue weighted by atomic mass is 35.5. The van der Waals surface area contributed by atoms with E-state index in [9.17, 15) is 4.79 Å². The number of nitrogens with one attached hydrogen (secondary N) is 1. The zero-order valence-electron chi connectivity index (χ0n) is 15.7. The van der Waals surface area contributed by atoms with Crippen LogP contribution in [0.3, 0.4) is 0 Å². The first-order valence-electron chi connectivity index (χ1n) is 9.30. The van der Waals surface area contributed by atoms with Crippen molar-refractivity contribution in [1.82, 2.24) is 4.90 Å². The number of anilines is 2. The zero-order chi connectivity index (χ0) is 19.5. The van der Waals surface area contributed by atoms with Crippen LogP contribution in [0.5, 0.6) is 0 Å². The van der Waals surface area contributed by atoms with Gasteiger partial charge in [-0.2, -0.15) is 0 Å². The molecule has 4 rings (SSSR count). The number of likely N-dealkylation sites (N-methyl/N-ethyl adjacent to an activating group) is 1. The minimum atomic E-state index is -0.286. The summed E-state index contributed by atoms with van der Waals surface area (Å²) in [6.07, 6.45) is 0. The molecular weight excluding hydrogens is 374 g/mol. The molecule has 1 aliphatic rings. The molecule has 0 unspecified atom stereocenters. The van der Waals surface area contributed by atoms with Crippen LogP contribution in [0.4, 0.5) is 11.4 Å². The number of halogens is 1. The van der Waals surface area contributed by atoms with E-state index in [0.717, 1.165) is 37.4 Å². The van der Waals surface area contributed by atoms with Gasteiger partial charge < -0.3 is 19.5 Å². The third kappa shape index (κ3) is 4.06. The molecule has 1 N–H and O–H groups in total. The van der Waals surface area contributed by atoms with Crippen LogP contribution in [0.15, 0.2) is 65.1 Å². The van der Waals surface area contributed by atoms with Gasteiger partial charge in [-0.25, -0.2) is 0 Å². The third-order valence-electron chi connectivity index (χ3n) is 4.96. The highest BCUT2D eigenvalue weighted by Gasteiger charge is 2.16. The number of hydrogen-bond donors (Lipinski definition) is 1. The van der Waals surface area contributed by atoms with Crippen LogP contribution in [0.2, 0.25) is 5.02 Å². The Hall–Kier alpha value is -2.76. The number of piperazine rings is 1. The second-order valence-electron chi connectivity index (χ2n) is 6.94. The van der Waals surface area contributed by atoms with Crippen molar-refractivity contribution < 1.29 is 9.21 Å². The minimum Gasteiger partial charge on any atom is -0.451 e. The molecule has 1 aliphatic heterocycles. The van der Waals surface area contributed by atoms with E-state index in [0.29, 0.717) is 10.8 Å². The lowest BCUT2D eigenvalue weighted by molar-refractivity contribution is 0.0997. The topological polar surface area (TPSA) is 48.7 Å². The molecule has 1 amide bonds. The van der Waals surface area contributed by atoms with Crippen LogP contribution in [0.25, 0.3) is 11.3 Å². The van der Waals surface area contributed by atoms with Crippen LogP contribution in [0, 0.1) is 0 Å². The molecule has 0 radical (unpaired) electrons. The Kier molecular flexibility index (Phi) is 5.37. The van der Waals surface area contributed by atoms with E-state index in [2.05, 4.69) is 22.2 Å². The average Bonchev–Trinajstić information content (AvgIpc) is 3.20. The quantitative estimate of drug-likeness (QED) is 0.701. The minimum absolute atomic E-state index is 0.248. The summed E-state index contributed by atoms with van der Waals surface area (Å²) in [4.78, 5) is 17.2. The molecular formula is C22H22ClN3O2. The highest BCUT2D eigenvalue weighted by molar-refractivity contribution is 6.33. The average molecular weight is 396 g/mol. The molecule has 2 aromatic carbocycles. The summed E-state index contributed by atoms with van der Waals surface area (Å²) >= 11 is 6.20. The number of amides is 1. The summed E-state index contributed by atoms with van der Waals surface area (Å²) in [5.41, 5.74) is 2.67. The molecule has 28 heavy (non-hydrogen) atoms. The third-order valence-corrected chi connectivity index (χ3v) is 5.29. The van der Waals surface area contributed by atoms with Gasteiger partial charge in [0.1, 0.15) is 5.76 Å². The van der Waals surface area contributed by atoms with Crippen molar-refractivity contribution in [1.29, 1.82) is 0 Å². The van der Waals surface area contributed by atoms with Gasteiger partial charge >= 0.3 is 0 Å². The van der Waals surface area contributed by atoms with Crippen molar-refractivity contribution in [3.05, 3.63) is 71.4 Å². The van der Waals surface area contributed by atoms with E-state index in [1.807, 2.05) is 42.5 Å². The molecule has 0 bridgehead atoms. The van der Waals surface area contributed by atoms with Gasteiger partial charge in [0.05, 0.1) is 5.02 Å². The predicted molar refractivity (Wildman–Crippen MR) is 113 cm³/mol.